The molecular formula is C13H14O3. The Morgan fingerprint density at radius 1 is 1.38 bits per heavy atom. The number of carbonyl (C=O) groups is 1. The molecule has 0 fully saturated rings. The fourth-order valence-electron chi connectivity index (χ4n) is 1.19. The van der Waals surface area contributed by atoms with Crippen LogP contribution in [0.25, 0.3) is 6.08 Å². The summed E-state index contributed by atoms with van der Waals surface area (Å²) in [4.78, 5) is 10.5. The summed E-state index contributed by atoms with van der Waals surface area (Å²) in [5, 5.41) is 18.1. The Kier molecular flexibility index (Phi) is 4.48. The summed E-state index contributed by atoms with van der Waals surface area (Å²) in [5.41, 5.74) is 0.965. The number of carboxylic acid groups (broad SMARTS) is 1. The molecule has 0 radical (unpaired) electrons. The minimum Gasteiger partial charge on any atom is -0.478 e. The van der Waals surface area contributed by atoms with E-state index in [2.05, 4.69) is 6.58 Å². The van der Waals surface area contributed by atoms with E-state index in [1.807, 2.05) is 30.3 Å². The van der Waals surface area contributed by atoms with Gasteiger partial charge in [-0.2, -0.15) is 0 Å². The van der Waals surface area contributed by atoms with Crippen LogP contribution in [0.5, 0.6) is 0 Å². The fourth-order valence-corrected chi connectivity index (χ4v) is 1.19. The van der Waals surface area contributed by atoms with E-state index >= 15 is 0 Å². The minimum atomic E-state index is -1.08. The first kappa shape index (κ1) is 12.2. The van der Waals surface area contributed by atoms with E-state index in [1.54, 1.807) is 12.2 Å². The van der Waals surface area contributed by atoms with Gasteiger partial charge in [-0.15, -0.1) is 0 Å². The lowest BCUT2D eigenvalue weighted by Crippen LogP contribution is -2.08. The smallest absolute Gasteiger partial charge is 0.331 e. The average Bonchev–Trinajstić information content (AvgIpc) is 2.27. The zero-order chi connectivity index (χ0) is 12.0. The number of carboxylic acids is 1. The molecule has 1 aromatic carbocycles. The molecule has 3 heteroatoms. The van der Waals surface area contributed by atoms with Gasteiger partial charge in [0.1, 0.15) is 0 Å². The van der Waals surface area contributed by atoms with Gasteiger partial charge in [0.05, 0.1) is 6.10 Å². The normalized spacial score (nSPS) is 12.6. The Bertz CT molecular complexity index is 393. The van der Waals surface area contributed by atoms with Crippen LogP contribution in [-0.4, -0.2) is 22.3 Å². The molecule has 0 aromatic heterocycles. The van der Waals surface area contributed by atoms with E-state index in [4.69, 9.17) is 5.11 Å². The molecule has 84 valence electrons. The average molecular weight is 218 g/mol. The second-order valence-electron chi connectivity index (χ2n) is 3.45. The molecule has 0 saturated heterocycles. The zero-order valence-corrected chi connectivity index (χ0v) is 8.84. The topological polar surface area (TPSA) is 57.5 Å². The number of rotatable bonds is 5. The van der Waals surface area contributed by atoms with E-state index in [9.17, 15) is 9.90 Å². The molecule has 3 nitrogen and oxygen atoms in total. The van der Waals surface area contributed by atoms with Crippen LogP contribution in [0.1, 0.15) is 12.0 Å². The molecule has 0 saturated carbocycles. The second-order valence-corrected chi connectivity index (χ2v) is 3.45. The Hall–Kier alpha value is -1.87. The number of aliphatic carboxylic acids is 1. The molecule has 1 aromatic rings. The van der Waals surface area contributed by atoms with Gasteiger partial charge in [-0.1, -0.05) is 49.1 Å². The van der Waals surface area contributed by atoms with Gasteiger partial charge >= 0.3 is 5.97 Å². The molecule has 1 unspecified atom stereocenters. The van der Waals surface area contributed by atoms with Gasteiger partial charge in [0.15, 0.2) is 0 Å². The molecule has 1 atom stereocenters. The predicted octanol–water partition coefficient (Wildman–Crippen LogP) is 2.09. The molecular weight excluding hydrogens is 204 g/mol. The number of hydrogen-bond donors (Lipinski definition) is 2. The molecule has 16 heavy (non-hydrogen) atoms. The third-order valence-corrected chi connectivity index (χ3v) is 2.07. The van der Waals surface area contributed by atoms with Crippen LogP contribution < -0.4 is 0 Å². The number of aliphatic hydroxyl groups is 1. The predicted molar refractivity (Wildman–Crippen MR) is 62.9 cm³/mol. The number of hydrogen-bond acceptors (Lipinski definition) is 2. The first-order valence-corrected chi connectivity index (χ1v) is 4.92. The Morgan fingerprint density at radius 2 is 2.00 bits per heavy atom. The van der Waals surface area contributed by atoms with Crippen molar-refractivity contribution in [1.82, 2.24) is 0 Å². The SMILES string of the molecule is C=C(CC(O)/C=C/c1ccccc1)C(=O)O. The summed E-state index contributed by atoms with van der Waals surface area (Å²) in [6.07, 6.45) is 2.53. The van der Waals surface area contributed by atoms with Crippen molar-refractivity contribution in [3.05, 3.63) is 54.1 Å². The molecule has 0 amide bonds. The Morgan fingerprint density at radius 3 is 2.56 bits per heavy atom. The van der Waals surface area contributed by atoms with Gasteiger partial charge < -0.3 is 10.2 Å². The van der Waals surface area contributed by atoms with Gasteiger partial charge in [0, 0.05) is 12.0 Å². The largest absolute Gasteiger partial charge is 0.478 e. The standard InChI is InChI=1S/C13H14O3/c1-10(13(15)16)9-12(14)8-7-11-5-3-2-4-6-11/h2-8,12,14H,1,9H2,(H,15,16)/b8-7+. The van der Waals surface area contributed by atoms with Gasteiger partial charge in [0.2, 0.25) is 0 Å². The molecule has 0 bridgehead atoms. The van der Waals surface area contributed by atoms with Crippen molar-refractivity contribution < 1.29 is 15.0 Å². The van der Waals surface area contributed by atoms with E-state index in [-0.39, 0.29) is 12.0 Å². The van der Waals surface area contributed by atoms with Crippen molar-refractivity contribution in [2.45, 2.75) is 12.5 Å². The molecule has 1 rings (SSSR count). The zero-order valence-electron chi connectivity index (χ0n) is 8.84. The highest BCUT2D eigenvalue weighted by Gasteiger charge is 2.08. The van der Waals surface area contributed by atoms with Crippen molar-refractivity contribution in [3.63, 3.8) is 0 Å². The highest BCUT2D eigenvalue weighted by molar-refractivity contribution is 5.85. The van der Waals surface area contributed by atoms with Gasteiger partial charge in [0.25, 0.3) is 0 Å². The van der Waals surface area contributed by atoms with Crippen LogP contribution in [0, 0.1) is 0 Å². The van der Waals surface area contributed by atoms with Crippen LogP contribution >= 0.6 is 0 Å². The van der Waals surface area contributed by atoms with Gasteiger partial charge in [-0.25, -0.2) is 4.79 Å². The van der Waals surface area contributed by atoms with Crippen LogP contribution in [0.4, 0.5) is 0 Å². The van der Waals surface area contributed by atoms with E-state index in [0.717, 1.165) is 5.56 Å². The van der Waals surface area contributed by atoms with Crippen molar-refractivity contribution in [2.24, 2.45) is 0 Å². The van der Waals surface area contributed by atoms with Gasteiger partial charge in [-0.05, 0) is 5.56 Å². The molecule has 0 aliphatic carbocycles. The summed E-state index contributed by atoms with van der Waals surface area (Å²) in [6.45, 7) is 3.36. The Balaban J connectivity index is 2.52. The lowest BCUT2D eigenvalue weighted by Gasteiger charge is -2.04. The van der Waals surface area contributed by atoms with Crippen molar-refractivity contribution >= 4 is 12.0 Å². The second kappa shape index (κ2) is 5.88. The summed E-state index contributed by atoms with van der Waals surface area (Å²) in [5.74, 6) is -1.08. The van der Waals surface area contributed by atoms with Crippen LogP contribution in [0.3, 0.4) is 0 Å². The maximum atomic E-state index is 10.5. The van der Waals surface area contributed by atoms with Crippen LogP contribution in [0.2, 0.25) is 0 Å². The van der Waals surface area contributed by atoms with Gasteiger partial charge in [-0.3, -0.25) is 0 Å². The maximum absolute atomic E-state index is 10.5. The minimum absolute atomic E-state index is 0.00483. The van der Waals surface area contributed by atoms with E-state index in [1.165, 1.54) is 0 Å². The number of aliphatic hydroxyl groups excluding tert-OH is 1. The summed E-state index contributed by atoms with van der Waals surface area (Å²) < 4.78 is 0. The monoisotopic (exact) mass is 218 g/mol. The molecule has 0 aliphatic heterocycles. The summed E-state index contributed by atoms with van der Waals surface area (Å²) in [7, 11) is 0. The first-order valence-electron chi connectivity index (χ1n) is 4.92. The highest BCUT2D eigenvalue weighted by atomic mass is 16.4. The van der Waals surface area contributed by atoms with Crippen LogP contribution in [0.15, 0.2) is 48.6 Å². The van der Waals surface area contributed by atoms with E-state index < -0.39 is 12.1 Å². The molecule has 0 heterocycles. The highest BCUT2D eigenvalue weighted by Crippen LogP contribution is 2.07. The number of benzene rings is 1. The molecule has 2 N–H and O–H groups in total. The molecule has 0 spiro atoms. The lowest BCUT2D eigenvalue weighted by atomic mass is 10.1. The molecule has 0 aliphatic rings. The Labute approximate surface area is 94.4 Å². The van der Waals surface area contributed by atoms with Crippen LogP contribution in [-0.2, 0) is 4.79 Å². The first-order chi connectivity index (χ1) is 7.59. The summed E-state index contributed by atoms with van der Waals surface area (Å²) >= 11 is 0. The third kappa shape index (κ3) is 4.11. The summed E-state index contributed by atoms with van der Waals surface area (Å²) in [6, 6.07) is 9.48. The lowest BCUT2D eigenvalue weighted by molar-refractivity contribution is -0.133. The van der Waals surface area contributed by atoms with Crippen molar-refractivity contribution in [1.29, 1.82) is 0 Å². The maximum Gasteiger partial charge on any atom is 0.331 e. The third-order valence-electron chi connectivity index (χ3n) is 2.07. The van der Waals surface area contributed by atoms with Crippen molar-refractivity contribution in [3.8, 4) is 0 Å². The van der Waals surface area contributed by atoms with E-state index in [0.29, 0.717) is 0 Å². The fraction of sp³-hybridized carbons (Fsp3) is 0.154. The quantitative estimate of drug-likeness (QED) is 0.744. The van der Waals surface area contributed by atoms with Crippen molar-refractivity contribution in [2.75, 3.05) is 0 Å².